The molecule has 2 amide bonds. The molecule has 0 radical (unpaired) electrons. The Hall–Kier alpha value is -2.62. The SMILES string of the molecule is N#Cc1ccc(NC(=O)N2CCCCCC2)c([N+](=O)[O-])c1. The van der Waals surface area contributed by atoms with E-state index in [4.69, 9.17) is 5.26 Å². The van der Waals surface area contributed by atoms with E-state index in [-0.39, 0.29) is 23.0 Å². The Morgan fingerprint density at radius 3 is 2.52 bits per heavy atom. The number of carbonyl (C=O) groups excluding carboxylic acids is 1. The van der Waals surface area contributed by atoms with Crippen LogP contribution >= 0.6 is 0 Å². The summed E-state index contributed by atoms with van der Waals surface area (Å²) in [4.78, 5) is 24.3. The van der Waals surface area contributed by atoms with E-state index in [9.17, 15) is 14.9 Å². The number of nitro benzene ring substituents is 1. The lowest BCUT2D eigenvalue weighted by Gasteiger charge is -2.20. The molecule has 0 spiro atoms. The number of urea groups is 1. The first-order valence-corrected chi connectivity index (χ1v) is 6.86. The Labute approximate surface area is 122 Å². The maximum Gasteiger partial charge on any atom is 0.322 e. The third kappa shape index (κ3) is 3.69. The molecule has 0 aromatic heterocycles. The molecule has 0 unspecified atom stereocenters. The maximum atomic E-state index is 12.2. The molecule has 1 heterocycles. The summed E-state index contributed by atoms with van der Waals surface area (Å²) in [6.45, 7) is 1.33. The van der Waals surface area contributed by atoms with Crippen LogP contribution in [0, 0.1) is 21.4 Å². The number of amides is 2. The smallest absolute Gasteiger partial charge is 0.322 e. The normalized spacial score (nSPS) is 14.9. The summed E-state index contributed by atoms with van der Waals surface area (Å²) in [6.07, 6.45) is 4.09. The topological polar surface area (TPSA) is 99.3 Å². The first kappa shape index (κ1) is 14.8. The molecule has 1 aliphatic rings. The molecule has 2 rings (SSSR count). The molecule has 1 saturated heterocycles. The number of carbonyl (C=O) groups is 1. The van der Waals surface area contributed by atoms with Gasteiger partial charge in [0.15, 0.2) is 0 Å². The second-order valence-electron chi connectivity index (χ2n) is 4.93. The summed E-state index contributed by atoms with van der Waals surface area (Å²) in [5.41, 5.74) is 0.0416. The van der Waals surface area contributed by atoms with Crippen molar-refractivity contribution < 1.29 is 9.72 Å². The summed E-state index contributed by atoms with van der Waals surface area (Å²) >= 11 is 0. The lowest BCUT2D eigenvalue weighted by atomic mass is 10.2. The fraction of sp³-hybridized carbons (Fsp3) is 0.429. The molecule has 7 heteroatoms. The van der Waals surface area contributed by atoms with Crippen molar-refractivity contribution in [3.8, 4) is 6.07 Å². The first-order valence-electron chi connectivity index (χ1n) is 6.86. The van der Waals surface area contributed by atoms with Crippen molar-refractivity contribution in [1.82, 2.24) is 4.90 Å². The van der Waals surface area contributed by atoms with Gasteiger partial charge in [-0.15, -0.1) is 0 Å². The highest BCUT2D eigenvalue weighted by Gasteiger charge is 2.20. The zero-order valence-corrected chi connectivity index (χ0v) is 11.5. The van der Waals surface area contributed by atoms with Gasteiger partial charge in [-0.1, -0.05) is 12.8 Å². The Bertz CT molecular complexity index is 586. The number of nitrogens with zero attached hydrogens (tertiary/aromatic N) is 3. The van der Waals surface area contributed by atoms with E-state index in [0.717, 1.165) is 31.7 Å². The number of nitrogens with one attached hydrogen (secondary N) is 1. The summed E-state index contributed by atoms with van der Waals surface area (Å²) in [7, 11) is 0. The minimum atomic E-state index is -0.598. The van der Waals surface area contributed by atoms with Gasteiger partial charge in [-0.25, -0.2) is 4.79 Å². The van der Waals surface area contributed by atoms with Gasteiger partial charge in [0.2, 0.25) is 0 Å². The highest BCUT2D eigenvalue weighted by molar-refractivity contribution is 5.92. The van der Waals surface area contributed by atoms with Crippen LogP contribution in [0.1, 0.15) is 31.2 Å². The Morgan fingerprint density at radius 1 is 1.29 bits per heavy atom. The monoisotopic (exact) mass is 288 g/mol. The predicted octanol–water partition coefficient (Wildman–Crippen LogP) is 2.87. The molecule has 7 nitrogen and oxygen atoms in total. The number of anilines is 1. The van der Waals surface area contributed by atoms with Crippen LogP contribution < -0.4 is 5.32 Å². The number of nitriles is 1. The number of nitro groups is 1. The van der Waals surface area contributed by atoms with Crippen LogP contribution in [0.3, 0.4) is 0 Å². The van der Waals surface area contributed by atoms with Crippen LogP contribution in [0.15, 0.2) is 18.2 Å². The molecule has 0 aliphatic carbocycles. The van der Waals surface area contributed by atoms with E-state index in [1.54, 1.807) is 4.90 Å². The Morgan fingerprint density at radius 2 is 1.95 bits per heavy atom. The summed E-state index contributed by atoms with van der Waals surface area (Å²) in [6, 6.07) is 5.53. The fourth-order valence-electron chi connectivity index (χ4n) is 2.33. The highest BCUT2D eigenvalue weighted by atomic mass is 16.6. The van der Waals surface area contributed by atoms with E-state index in [1.807, 2.05) is 6.07 Å². The molecule has 1 aromatic carbocycles. The van der Waals surface area contributed by atoms with Crippen molar-refractivity contribution in [3.63, 3.8) is 0 Å². The van der Waals surface area contributed by atoms with Gasteiger partial charge >= 0.3 is 6.03 Å². The minimum absolute atomic E-state index is 0.119. The van der Waals surface area contributed by atoms with E-state index in [2.05, 4.69) is 5.32 Å². The van der Waals surface area contributed by atoms with Crippen molar-refractivity contribution in [2.75, 3.05) is 18.4 Å². The van der Waals surface area contributed by atoms with Crippen LogP contribution in [0.25, 0.3) is 0 Å². The molecule has 0 saturated carbocycles. The fourth-order valence-corrected chi connectivity index (χ4v) is 2.33. The molecule has 1 aromatic rings. The zero-order valence-electron chi connectivity index (χ0n) is 11.5. The lowest BCUT2D eigenvalue weighted by molar-refractivity contribution is -0.383. The quantitative estimate of drug-likeness (QED) is 0.668. The lowest BCUT2D eigenvalue weighted by Crippen LogP contribution is -2.35. The van der Waals surface area contributed by atoms with Crippen molar-refractivity contribution in [3.05, 3.63) is 33.9 Å². The molecule has 0 bridgehead atoms. The first-order chi connectivity index (χ1) is 10.1. The van der Waals surface area contributed by atoms with E-state index in [1.165, 1.54) is 12.1 Å². The maximum absolute atomic E-state index is 12.2. The number of rotatable bonds is 2. The van der Waals surface area contributed by atoms with Crippen LogP contribution in [-0.4, -0.2) is 28.9 Å². The average Bonchev–Trinajstić information content (AvgIpc) is 2.76. The van der Waals surface area contributed by atoms with Gasteiger partial charge in [-0.3, -0.25) is 10.1 Å². The zero-order chi connectivity index (χ0) is 15.2. The van der Waals surface area contributed by atoms with E-state index >= 15 is 0 Å². The van der Waals surface area contributed by atoms with E-state index < -0.39 is 4.92 Å². The average molecular weight is 288 g/mol. The second-order valence-corrected chi connectivity index (χ2v) is 4.93. The molecular weight excluding hydrogens is 272 g/mol. The standard InChI is InChI=1S/C14H16N4O3/c15-10-11-5-6-12(13(9-11)18(20)21)16-14(19)17-7-3-1-2-4-8-17/h5-6,9H,1-4,7-8H2,(H,16,19). The van der Waals surface area contributed by atoms with Crippen LogP contribution in [0.4, 0.5) is 16.2 Å². The van der Waals surface area contributed by atoms with Crippen molar-refractivity contribution in [2.45, 2.75) is 25.7 Å². The molecule has 0 atom stereocenters. The van der Waals surface area contributed by atoms with E-state index in [0.29, 0.717) is 13.1 Å². The minimum Gasteiger partial charge on any atom is -0.325 e. The van der Waals surface area contributed by atoms with Gasteiger partial charge in [0.25, 0.3) is 5.69 Å². The van der Waals surface area contributed by atoms with Gasteiger partial charge in [-0.2, -0.15) is 5.26 Å². The van der Waals surface area contributed by atoms with Crippen LogP contribution in [0.2, 0.25) is 0 Å². The number of benzene rings is 1. The van der Waals surface area contributed by atoms with Crippen molar-refractivity contribution in [2.24, 2.45) is 0 Å². The van der Waals surface area contributed by atoms with Crippen molar-refractivity contribution in [1.29, 1.82) is 5.26 Å². The van der Waals surface area contributed by atoms with Crippen molar-refractivity contribution >= 4 is 17.4 Å². The summed E-state index contributed by atoms with van der Waals surface area (Å²) in [5.74, 6) is 0. The number of hydrogen-bond acceptors (Lipinski definition) is 4. The molecule has 1 N–H and O–H groups in total. The van der Waals surface area contributed by atoms with Gasteiger partial charge < -0.3 is 10.2 Å². The third-order valence-electron chi connectivity index (χ3n) is 3.46. The Kier molecular flexibility index (Phi) is 4.72. The third-order valence-corrected chi connectivity index (χ3v) is 3.46. The van der Waals surface area contributed by atoms with Gasteiger partial charge in [0.1, 0.15) is 5.69 Å². The van der Waals surface area contributed by atoms with Crippen LogP contribution in [0.5, 0.6) is 0 Å². The van der Waals surface area contributed by atoms with Gasteiger partial charge in [-0.05, 0) is 25.0 Å². The summed E-state index contributed by atoms with van der Waals surface area (Å²) in [5, 5.41) is 22.4. The predicted molar refractivity (Wildman–Crippen MR) is 76.9 cm³/mol. The largest absolute Gasteiger partial charge is 0.325 e. The molecule has 21 heavy (non-hydrogen) atoms. The van der Waals surface area contributed by atoms with Gasteiger partial charge in [0.05, 0.1) is 16.6 Å². The molecule has 1 aliphatic heterocycles. The highest BCUT2D eigenvalue weighted by Crippen LogP contribution is 2.26. The second kappa shape index (κ2) is 6.70. The molecule has 1 fully saturated rings. The van der Waals surface area contributed by atoms with Gasteiger partial charge in [0, 0.05) is 19.2 Å². The summed E-state index contributed by atoms with van der Waals surface area (Å²) < 4.78 is 0. The van der Waals surface area contributed by atoms with Crippen LogP contribution in [-0.2, 0) is 0 Å². The molecular formula is C14H16N4O3. The Balaban J connectivity index is 2.16. The molecule has 110 valence electrons. The number of hydrogen-bond donors (Lipinski definition) is 1. The number of likely N-dealkylation sites (tertiary alicyclic amines) is 1.